The van der Waals surface area contributed by atoms with E-state index < -0.39 is 0 Å². The molecule has 6 nitrogen and oxygen atoms in total. The second-order valence-corrected chi connectivity index (χ2v) is 7.33. The van der Waals surface area contributed by atoms with Crippen LogP contribution in [-0.2, 0) is 11.2 Å². The Morgan fingerprint density at radius 2 is 2.23 bits per heavy atom. The van der Waals surface area contributed by atoms with Gasteiger partial charge in [-0.1, -0.05) is 35.8 Å². The van der Waals surface area contributed by atoms with Gasteiger partial charge in [0.25, 0.3) is 0 Å². The van der Waals surface area contributed by atoms with Gasteiger partial charge in [0.1, 0.15) is 0 Å². The van der Waals surface area contributed by atoms with Crippen molar-refractivity contribution in [2.75, 3.05) is 19.6 Å². The maximum absolute atomic E-state index is 12.1. The maximum Gasteiger partial charge on any atom is 0.228 e. The normalized spacial score (nSPS) is 16.4. The van der Waals surface area contributed by atoms with Crippen molar-refractivity contribution in [2.45, 2.75) is 32.6 Å². The van der Waals surface area contributed by atoms with Crippen LogP contribution in [0.2, 0.25) is 5.02 Å². The summed E-state index contributed by atoms with van der Waals surface area (Å²) in [6, 6.07) is 7.31. The highest BCUT2D eigenvalue weighted by molar-refractivity contribution is 6.30. The zero-order valence-electron chi connectivity index (χ0n) is 15.0. The average molecular weight is 377 g/mol. The molecule has 140 valence electrons. The molecule has 26 heavy (non-hydrogen) atoms. The van der Waals surface area contributed by atoms with Gasteiger partial charge < -0.3 is 15.2 Å². The molecule has 7 heteroatoms. The molecule has 0 saturated carbocycles. The lowest BCUT2D eigenvalue weighted by atomic mass is 9.84. The van der Waals surface area contributed by atoms with Crippen LogP contribution < -0.4 is 10.6 Å². The van der Waals surface area contributed by atoms with Crippen molar-refractivity contribution >= 4 is 17.5 Å². The van der Waals surface area contributed by atoms with Gasteiger partial charge in [-0.3, -0.25) is 4.79 Å². The largest absolute Gasteiger partial charge is 0.356 e. The molecule has 2 heterocycles. The van der Waals surface area contributed by atoms with E-state index in [1.165, 1.54) is 0 Å². The number of rotatable bonds is 7. The van der Waals surface area contributed by atoms with Gasteiger partial charge in [0.2, 0.25) is 17.6 Å². The van der Waals surface area contributed by atoms with Crippen LogP contribution in [0.1, 0.15) is 32.1 Å². The number of carbonyl (C=O) groups excluding carboxylic acids is 1. The van der Waals surface area contributed by atoms with Crippen LogP contribution in [0.15, 0.2) is 28.8 Å². The Hall–Kier alpha value is -1.92. The monoisotopic (exact) mass is 376 g/mol. The summed E-state index contributed by atoms with van der Waals surface area (Å²) in [7, 11) is 0. The van der Waals surface area contributed by atoms with E-state index in [-0.39, 0.29) is 5.91 Å². The highest BCUT2D eigenvalue weighted by Crippen LogP contribution is 2.24. The van der Waals surface area contributed by atoms with Crippen LogP contribution >= 0.6 is 11.6 Å². The van der Waals surface area contributed by atoms with Crippen molar-refractivity contribution < 1.29 is 9.32 Å². The Morgan fingerprint density at radius 3 is 3.00 bits per heavy atom. The van der Waals surface area contributed by atoms with Gasteiger partial charge in [0, 0.05) is 30.0 Å². The van der Waals surface area contributed by atoms with Crippen LogP contribution in [0.4, 0.5) is 0 Å². The van der Waals surface area contributed by atoms with E-state index in [0.717, 1.165) is 31.5 Å². The van der Waals surface area contributed by atoms with Crippen LogP contribution in [0.5, 0.6) is 0 Å². The van der Waals surface area contributed by atoms with Crippen molar-refractivity contribution in [2.24, 2.45) is 11.8 Å². The number of nitrogens with one attached hydrogen (secondary N) is 2. The van der Waals surface area contributed by atoms with E-state index >= 15 is 0 Å². The molecule has 0 aliphatic carbocycles. The molecule has 1 unspecified atom stereocenters. The molecule has 1 fully saturated rings. The van der Waals surface area contributed by atoms with E-state index in [0.29, 0.717) is 48.0 Å². The first-order chi connectivity index (χ1) is 12.6. The minimum absolute atomic E-state index is 0.0885. The predicted octanol–water partition coefficient (Wildman–Crippen LogP) is 3.07. The molecule has 0 spiro atoms. The van der Waals surface area contributed by atoms with E-state index in [4.69, 9.17) is 16.1 Å². The van der Waals surface area contributed by atoms with Gasteiger partial charge in [-0.15, -0.1) is 0 Å². The van der Waals surface area contributed by atoms with Crippen molar-refractivity contribution in [1.82, 2.24) is 20.8 Å². The number of benzene rings is 1. The molecule has 1 aromatic heterocycles. The van der Waals surface area contributed by atoms with Crippen molar-refractivity contribution in [3.63, 3.8) is 0 Å². The number of aromatic nitrogens is 2. The first-order valence-corrected chi connectivity index (χ1v) is 9.55. The summed E-state index contributed by atoms with van der Waals surface area (Å²) in [6.07, 6.45) is 3.40. The molecule has 0 bridgehead atoms. The summed E-state index contributed by atoms with van der Waals surface area (Å²) < 4.78 is 5.25. The minimum atomic E-state index is 0.0885. The van der Waals surface area contributed by atoms with Gasteiger partial charge in [-0.25, -0.2) is 0 Å². The zero-order valence-corrected chi connectivity index (χ0v) is 15.8. The Morgan fingerprint density at radius 1 is 1.42 bits per heavy atom. The lowest BCUT2D eigenvalue weighted by molar-refractivity contribution is -0.122. The Balaban J connectivity index is 1.42. The molecule has 1 aliphatic rings. The molecule has 1 aromatic carbocycles. The molecule has 1 aliphatic heterocycles. The fraction of sp³-hybridized carbons (Fsp3) is 0.526. The third kappa shape index (κ3) is 5.29. The van der Waals surface area contributed by atoms with E-state index in [1.807, 2.05) is 12.1 Å². The topological polar surface area (TPSA) is 80.1 Å². The lowest BCUT2D eigenvalue weighted by Crippen LogP contribution is -2.34. The number of nitrogens with zero attached hydrogens (tertiary/aromatic N) is 2. The second-order valence-electron chi connectivity index (χ2n) is 6.89. The van der Waals surface area contributed by atoms with Crippen LogP contribution in [-0.4, -0.2) is 35.7 Å². The molecule has 3 rings (SSSR count). The van der Waals surface area contributed by atoms with Gasteiger partial charge in [-0.05, 0) is 49.9 Å². The Labute approximate surface area is 158 Å². The molecule has 1 amide bonds. The van der Waals surface area contributed by atoms with E-state index in [9.17, 15) is 4.79 Å². The quantitative estimate of drug-likeness (QED) is 0.776. The smallest absolute Gasteiger partial charge is 0.228 e. The molecule has 2 aromatic rings. The van der Waals surface area contributed by atoms with Gasteiger partial charge in [-0.2, -0.15) is 4.98 Å². The Kier molecular flexibility index (Phi) is 6.63. The molecule has 1 atom stereocenters. The minimum Gasteiger partial charge on any atom is -0.356 e. The summed E-state index contributed by atoms with van der Waals surface area (Å²) in [4.78, 5) is 16.5. The number of halogens is 1. The number of carbonyl (C=O) groups is 1. The van der Waals surface area contributed by atoms with E-state index in [1.54, 1.807) is 12.1 Å². The first kappa shape index (κ1) is 18.9. The summed E-state index contributed by atoms with van der Waals surface area (Å²) in [5, 5.41) is 10.9. The summed E-state index contributed by atoms with van der Waals surface area (Å²) >= 11 is 5.98. The standard InChI is InChI=1S/C19H25ClN4O2/c1-13(14-5-8-21-9-6-14)11-17(25)22-10-7-18-23-19(24-26-18)15-3-2-4-16(20)12-15/h2-4,12-14,21H,5-11H2,1H3,(H,22,25). The number of hydrogen-bond acceptors (Lipinski definition) is 5. The number of piperidine rings is 1. The van der Waals surface area contributed by atoms with Crippen molar-refractivity contribution in [3.05, 3.63) is 35.2 Å². The van der Waals surface area contributed by atoms with Gasteiger partial charge >= 0.3 is 0 Å². The molecule has 2 N–H and O–H groups in total. The Bertz CT molecular complexity index is 728. The highest BCUT2D eigenvalue weighted by Gasteiger charge is 2.21. The lowest BCUT2D eigenvalue weighted by Gasteiger charge is -2.27. The van der Waals surface area contributed by atoms with Gasteiger partial charge in [0.15, 0.2) is 0 Å². The fourth-order valence-corrected chi connectivity index (χ4v) is 3.54. The maximum atomic E-state index is 12.1. The molecular weight excluding hydrogens is 352 g/mol. The SMILES string of the molecule is CC(CC(=O)NCCc1nc(-c2cccc(Cl)c2)no1)C1CCNCC1. The third-order valence-corrected chi connectivity index (χ3v) is 5.14. The van der Waals surface area contributed by atoms with Crippen LogP contribution in [0.3, 0.4) is 0 Å². The molecule has 0 radical (unpaired) electrons. The van der Waals surface area contributed by atoms with Crippen LogP contribution in [0, 0.1) is 11.8 Å². The average Bonchev–Trinajstić information content (AvgIpc) is 3.11. The second kappa shape index (κ2) is 9.14. The van der Waals surface area contributed by atoms with Gasteiger partial charge in [0.05, 0.1) is 0 Å². The summed E-state index contributed by atoms with van der Waals surface area (Å²) in [5.74, 6) is 2.15. The summed E-state index contributed by atoms with van der Waals surface area (Å²) in [6.45, 7) is 4.78. The van der Waals surface area contributed by atoms with E-state index in [2.05, 4.69) is 27.7 Å². The first-order valence-electron chi connectivity index (χ1n) is 9.18. The summed E-state index contributed by atoms with van der Waals surface area (Å²) in [5.41, 5.74) is 0.812. The number of amides is 1. The predicted molar refractivity (Wildman–Crippen MR) is 101 cm³/mol. The van der Waals surface area contributed by atoms with Crippen molar-refractivity contribution in [3.8, 4) is 11.4 Å². The highest BCUT2D eigenvalue weighted by atomic mass is 35.5. The zero-order chi connectivity index (χ0) is 18.4. The number of hydrogen-bond donors (Lipinski definition) is 2. The van der Waals surface area contributed by atoms with Crippen LogP contribution in [0.25, 0.3) is 11.4 Å². The fourth-order valence-electron chi connectivity index (χ4n) is 3.35. The third-order valence-electron chi connectivity index (χ3n) is 4.91. The van der Waals surface area contributed by atoms with Crippen molar-refractivity contribution in [1.29, 1.82) is 0 Å². The molecular formula is C19H25ClN4O2. The molecule has 1 saturated heterocycles.